The first-order valence-corrected chi connectivity index (χ1v) is 12.5. The second kappa shape index (κ2) is 8.62. The minimum absolute atomic E-state index is 0.00612. The lowest BCUT2D eigenvalue weighted by Gasteiger charge is -2.53. The summed E-state index contributed by atoms with van der Waals surface area (Å²) in [6.07, 6.45) is 6.07. The second-order valence-corrected chi connectivity index (χ2v) is 10.8. The number of carbonyl (C=O) groups is 1. The third kappa shape index (κ3) is 3.82. The highest BCUT2D eigenvalue weighted by Crippen LogP contribution is 2.57. The van der Waals surface area contributed by atoms with Crippen molar-refractivity contribution in [2.24, 2.45) is 23.2 Å². The molecule has 2 aliphatic carbocycles. The van der Waals surface area contributed by atoms with E-state index < -0.39 is 6.10 Å². The van der Waals surface area contributed by atoms with Crippen molar-refractivity contribution in [1.82, 2.24) is 14.9 Å². The van der Waals surface area contributed by atoms with E-state index in [2.05, 4.69) is 24.9 Å². The Morgan fingerprint density at radius 3 is 2.77 bits per heavy atom. The highest BCUT2D eigenvalue weighted by molar-refractivity contribution is 7.15. The predicted molar refractivity (Wildman–Crippen MR) is 125 cm³/mol. The summed E-state index contributed by atoms with van der Waals surface area (Å²) >= 11 is 1.78. The van der Waals surface area contributed by atoms with Crippen LogP contribution in [0.15, 0.2) is 24.5 Å². The number of carbonyl (C=O) groups excluding carboxylic acids is 1. The Balaban J connectivity index is 1.62. The van der Waals surface area contributed by atoms with Gasteiger partial charge in [0.15, 0.2) is 0 Å². The van der Waals surface area contributed by atoms with Gasteiger partial charge in [0.25, 0.3) is 0 Å². The molecule has 1 amide bonds. The molecule has 1 N–H and O–H groups in total. The molecule has 6 unspecified atom stereocenters. The fraction of sp³-hybridized carbons (Fsp3) is 0.640. The van der Waals surface area contributed by atoms with E-state index in [4.69, 9.17) is 4.98 Å². The fourth-order valence-electron chi connectivity index (χ4n) is 6.17. The SMILES string of the molecule is CCN(CC)C(=O)C(C)C1CCC2(C)Cc3sc(-c4cccnc4)nc3C(C)C2C1O. The Kier molecular flexibility index (Phi) is 6.23. The molecule has 5 nitrogen and oxygen atoms in total. The topological polar surface area (TPSA) is 66.3 Å². The standard InChI is InChI=1S/C25H35N3O2S/c1-6-28(7-2)24(30)15(3)18-10-11-25(5)13-19-21(16(4)20(25)22(18)29)27-23(31-19)17-9-8-12-26-14-17/h8-9,12,14-16,18,20,22,29H,6-7,10-11,13H2,1-5H3. The largest absolute Gasteiger partial charge is 0.392 e. The first kappa shape index (κ1) is 22.4. The van der Waals surface area contributed by atoms with E-state index in [1.165, 1.54) is 4.88 Å². The Hall–Kier alpha value is -1.79. The lowest BCUT2D eigenvalue weighted by atomic mass is 9.53. The van der Waals surface area contributed by atoms with Gasteiger partial charge in [-0.1, -0.05) is 20.8 Å². The van der Waals surface area contributed by atoms with Crippen molar-refractivity contribution in [3.8, 4) is 10.6 Å². The van der Waals surface area contributed by atoms with E-state index in [-0.39, 0.29) is 35.0 Å². The molecule has 0 spiro atoms. The van der Waals surface area contributed by atoms with Crippen molar-refractivity contribution >= 4 is 17.2 Å². The van der Waals surface area contributed by atoms with Crippen LogP contribution in [-0.4, -0.2) is 45.1 Å². The summed E-state index contributed by atoms with van der Waals surface area (Å²) in [5.74, 6) is 0.314. The van der Waals surface area contributed by atoms with Crippen molar-refractivity contribution in [3.63, 3.8) is 0 Å². The minimum atomic E-state index is -0.486. The molecule has 0 aliphatic heterocycles. The number of hydrogen-bond acceptors (Lipinski definition) is 5. The smallest absolute Gasteiger partial charge is 0.225 e. The molecule has 0 aromatic carbocycles. The van der Waals surface area contributed by atoms with Crippen molar-refractivity contribution in [2.45, 2.75) is 65.9 Å². The summed E-state index contributed by atoms with van der Waals surface area (Å²) in [6.45, 7) is 12.1. The van der Waals surface area contributed by atoms with E-state index in [1.807, 2.05) is 37.9 Å². The van der Waals surface area contributed by atoms with Crippen LogP contribution in [0.1, 0.15) is 63.9 Å². The molecule has 168 valence electrons. The number of amides is 1. The zero-order chi connectivity index (χ0) is 22.3. The third-order valence-electron chi connectivity index (χ3n) is 7.94. The van der Waals surface area contributed by atoms with E-state index in [0.29, 0.717) is 0 Å². The van der Waals surface area contributed by atoms with Crippen LogP contribution in [0.2, 0.25) is 0 Å². The van der Waals surface area contributed by atoms with Crippen LogP contribution in [0.5, 0.6) is 0 Å². The van der Waals surface area contributed by atoms with Crippen LogP contribution in [-0.2, 0) is 11.2 Å². The van der Waals surface area contributed by atoms with Crippen LogP contribution < -0.4 is 0 Å². The first-order valence-electron chi connectivity index (χ1n) is 11.7. The highest BCUT2D eigenvalue weighted by atomic mass is 32.1. The van der Waals surface area contributed by atoms with Crippen molar-refractivity contribution in [3.05, 3.63) is 35.1 Å². The fourth-order valence-corrected chi connectivity index (χ4v) is 7.52. The molecule has 0 bridgehead atoms. The molecule has 2 aromatic heterocycles. The molecule has 4 rings (SSSR count). The van der Waals surface area contributed by atoms with Gasteiger partial charge >= 0.3 is 0 Å². The van der Waals surface area contributed by atoms with Crippen molar-refractivity contribution < 1.29 is 9.90 Å². The van der Waals surface area contributed by atoms with E-state index in [0.717, 1.165) is 48.6 Å². The molecule has 2 heterocycles. The van der Waals surface area contributed by atoms with Gasteiger partial charge in [-0.2, -0.15) is 0 Å². The normalized spacial score (nSPS) is 30.9. The van der Waals surface area contributed by atoms with Crippen LogP contribution in [0.25, 0.3) is 10.6 Å². The summed E-state index contributed by atoms with van der Waals surface area (Å²) in [6, 6.07) is 4.00. The summed E-state index contributed by atoms with van der Waals surface area (Å²) in [7, 11) is 0. The number of thiazole rings is 1. The Morgan fingerprint density at radius 1 is 1.39 bits per heavy atom. The van der Waals surface area contributed by atoms with Gasteiger partial charge in [-0.15, -0.1) is 11.3 Å². The van der Waals surface area contributed by atoms with Gasteiger partial charge in [0.05, 0.1) is 11.8 Å². The Bertz CT molecular complexity index is 926. The number of rotatable bonds is 5. The predicted octanol–water partition coefficient (Wildman–Crippen LogP) is 4.76. The summed E-state index contributed by atoms with van der Waals surface area (Å²) in [5, 5.41) is 12.6. The number of nitrogens with zero attached hydrogens (tertiary/aromatic N) is 3. The van der Waals surface area contributed by atoms with Crippen LogP contribution >= 0.6 is 11.3 Å². The molecule has 6 atom stereocenters. The summed E-state index contributed by atoms with van der Waals surface area (Å²) in [4.78, 5) is 25.5. The second-order valence-electron chi connectivity index (χ2n) is 9.71. The zero-order valence-electron chi connectivity index (χ0n) is 19.3. The van der Waals surface area contributed by atoms with Gasteiger partial charge < -0.3 is 10.0 Å². The molecule has 0 radical (unpaired) electrons. The molecule has 6 heteroatoms. The number of pyridine rings is 1. The Morgan fingerprint density at radius 2 is 2.13 bits per heavy atom. The lowest BCUT2D eigenvalue weighted by molar-refractivity contribution is -0.144. The van der Waals surface area contributed by atoms with Crippen molar-refractivity contribution in [2.75, 3.05) is 13.1 Å². The Labute approximate surface area is 189 Å². The van der Waals surface area contributed by atoms with Gasteiger partial charge in [0.1, 0.15) is 5.01 Å². The average Bonchev–Trinajstić information content (AvgIpc) is 3.18. The molecule has 0 saturated heterocycles. The molecular formula is C25H35N3O2S. The van der Waals surface area contributed by atoms with Crippen LogP contribution in [0, 0.1) is 23.2 Å². The lowest BCUT2D eigenvalue weighted by Crippen LogP contribution is -2.53. The van der Waals surface area contributed by atoms with E-state index >= 15 is 0 Å². The van der Waals surface area contributed by atoms with Gasteiger partial charge in [0, 0.05) is 47.8 Å². The maximum atomic E-state index is 13.0. The monoisotopic (exact) mass is 441 g/mol. The van der Waals surface area contributed by atoms with Crippen LogP contribution in [0.3, 0.4) is 0 Å². The van der Waals surface area contributed by atoms with Gasteiger partial charge in [-0.05, 0) is 62.5 Å². The number of fused-ring (bicyclic) bond motifs is 2. The van der Waals surface area contributed by atoms with E-state index in [9.17, 15) is 9.90 Å². The quantitative estimate of drug-likeness (QED) is 0.726. The maximum absolute atomic E-state index is 13.0. The first-order chi connectivity index (χ1) is 14.8. The number of aromatic nitrogens is 2. The average molecular weight is 442 g/mol. The minimum Gasteiger partial charge on any atom is -0.392 e. The number of aliphatic hydroxyl groups is 1. The summed E-state index contributed by atoms with van der Waals surface area (Å²) < 4.78 is 0. The molecule has 1 fully saturated rings. The number of aliphatic hydroxyl groups excluding tert-OH is 1. The maximum Gasteiger partial charge on any atom is 0.225 e. The molecule has 2 aliphatic rings. The van der Waals surface area contributed by atoms with Gasteiger partial charge in [0.2, 0.25) is 5.91 Å². The highest BCUT2D eigenvalue weighted by Gasteiger charge is 2.54. The molecule has 2 aromatic rings. The molecule has 31 heavy (non-hydrogen) atoms. The van der Waals surface area contributed by atoms with Gasteiger partial charge in [-0.3, -0.25) is 9.78 Å². The summed E-state index contributed by atoms with van der Waals surface area (Å²) in [5.41, 5.74) is 2.23. The molecule has 1 saturated carbocycles. The van der Waals surface area contributed by atoms with E-state index in [1.54, 1.807) is 17.5 Å². The zero-order valence-corrected chi connectivity index (χ0v) is 20.2. The molecular weight excluding hydrogens is 406 g/mol. The number of hydrogen-bond donors (Lipinski definition) is 1. The van der Waals surface area contributed by atoms with Crippen molar-refractivity contribution in [1.29, 1.82) is 0 Å². The third-order valence-corrected chi connectivity index (χ3v) is 9.06. The van der Waals surface area contributed by atoms with Crippen LogP contribution in [0.4, 0.5) is 0 Å². The van der Waals surface area contributed by atoms with Gasteiger partial charge in [-0.25, -0.2) is 4.98 Å².